The third-order valence-electron chi connectivity index (χ3n) is 13.3. The van der Waals surface area contributed by atoms with Crippen LogP contribution in [0.2, 0.25) is 0 Å². The van der Waals surface area contributed by atoms with E-state index in [1.165, 1.54) is 94.8 Å². The van der Waals surface area contributed by atoms with Gasteiger partial charge in [0.2, 0.25) is 0 Å². The van der Waals surface area contributed by atoms with Crippen LogP contribution in [0.5, 0.6) is 0 Å². The van der Waals surface area contributed by atoms with Crippen LogP contribution in [0.4, 0.5) is 17.1 Å². The van der Waals surface area contributed by atoms with Gasteiger partial charge in [-0.25, -0.2) is 0 Å². The zero-order chi connectivity index (χ0) is 40.7. The van der Waals surface area contributed by atoms with E-state index in [2.05, 4.69) is 235 Å². The Bertz CT molecular complexity index is 2830. The topological polar surface area (TPSA) is 3.24 Å². The van der Waals surface area contributed by atoms with Gasteiger partial charge < -0.3 is 4.90 Å². The summed E-state index contributed by atoms with van der Waals surface area (Å²) in [5.41, 5.74) is 22.5. The molecule has 2 aliphatic carbocycles. The molecule has 0 amide bonds. The summed E-state index contributed by atoms with van der Waals surface area (Å²) >= 11 is 0. The van der Waals surface area contributed by atoms with Crippen molar-refractivity contribution in [3.63, 3.8) is 0 Å². The van der Waals surface area contributed by atoms with Crippen molar-refractivity contribution in [3.8, 4) is 33.4 Å². The van der Waals surface area contributed by atoms with Crippen LogP contribution in [0.3, 0.4) is 0 Å². The lowest BCUT2D eigenvalue weighted by Crippen LogP contribution is -2.28. The predicted molar refractivity (Wildman–Crippen MR) is 250 cm³/mol. The third-order valence-corrected chi connectivity index (χ3v) is 13.3. The Kier molecular flexibility index (Phi) is 8.48. The number of nitrogens with zero attached hydrogens (tertiary/aromatic N) is 1. The summed E-state index contributed by atoms with van der Waals surface area (Å²) in [7, 11) is 0. The standard InChI is InChI=1S/C58H51N/c1-38-34-41(40-26-28-42(29-27-40)56(3,4)5)35-39(2)55(38)59(45-30-32-49-47-22-14-16-24-51(47)57(6,7)53(49)36-45)46-31-33-50-48-23-15-17-25-52(48)58(54(50)37-46,43-18-10-8-11-19-43)44-20-12-9-13-21-44/h8-37H,1-7H3. The molecule has 0 aliphatic heterocycles. The highest BCUT2D eigenvalue weighted by Crippen LogP contribution is 2.58. The van der Waals surface area contributed by atoms with E-state index in [-0.39, 0.29) is 10.8 Å². The number of fused-ring (bicyclic) bond motifs is 6. The lowest BCUT2D eigenvalue weighted by Gasteiger charge is -2.35. The van der Waals surface area contributed by atoms with Crippen LogP contribution in [0.25, 0.3) is 33.4 Å². The van der Waals surface area contributed by atoms with E-state index < -0.39 is 5.41 Å². The van der Waals surface area contributed by atoms with E-state index in [1.807, 2.05) is 0 Å². The number of aryl methyl sites for hydroxylation is 2. The molecule has 59 heavy (non-hydrogen) atoms. The molecule has 0 saturated carbocycles. The Balaban J connectivity index is 1.22. The van der Waals surface area contributed by atoms with E-state index in [0.717, 1.165) is 5.69 Å². The minimum atomic E-state index is -0.495. The van der Waals surface area contributed by atoms with Crippen molar-refractivity contribution in [3.05, 3.63) is 232 Å². The van der Waals surface area contributed by atoms with Crippen molar-refractivity contribution in [1.82, 2.24) is 0 Å². The summed E-state index contributed by atoms with van der Waals surface area (Å²) in [5.74, 6) is 0. The molecule has 2 aliphatic rings. The average molecular weight is 762 g/mol. The first-order valence-corrected chi connectivity index (χ1v) is 21.1. The second kappa shape index (κ2) is 13.6. The molecule has 0 saturated heterocycles. The second-order valence-corrected chi connectivity index (χ2v) is 18.3. The van der Waals surface area contributed by atoms with Crippen LogP contribution in [0.15, 0.2) is 182 Å². The van der Waals surface area contributed by atoms with E-state index in [1.54, 1.807) is 0 Å². The lowest BCUT2D eigenvalue weighted by molar-refractivity contribution is 0.590. The Morgan fingerprint density at radius 3 is 1.42 bits per heavy atom. The quantitative estimate of drug-likeness (QED) is 0.163. The first kappa shape index (κ1) is 36.9. The largest absolute Gasteiger partial charge is 0.310 e. The Morgan fingerprint density at radius 2 is 0.864 bits per heavy atom. The molecular weight excluding hydrogens is 711 g/mol. The van der Waals surface area contributed by atoms with Crippen molar-refractivity contribution in [2.75, 3.05) is 4.90 Å². The summed E-state index contributed by atoms with van der Waals surface area (Å²) in [6.07, 6.45) is 0. The molecule has 0 atom stereocenters. The molecule has 1 heteroatoms. The van der Waals surface area contributed by atoms with Gasteiger partial charge in [0.25, 0.3) is 0 Å². The molecule has 0 heterocycles. The minimum Gasteiger partial charge on any atom is -0.310 e. The van der Waals surface area contributed by atoms with E-state index in [4.69, 9.17) is 0 Å². The van der Waals surface area contributed by atoms with E-state index >= 15 is 0 Å². The molecule has 8 aromatic rings. The van der Waals surface area contributed by atoms with E-state index in [0.29, 0.717) is 0 Å². The van der Waals surface area contributed by atoms with Gasteiger partial charge in [0.15, 0.2) is 0 Å². The normalized spacial score (nSPS) is 14.3. The summed E-state index contributed by atoms with van der Waals surface area (Å²) in [5, 5.41) is 0. The summed E-state index contributed by atoms with van der Waals surface area (Å²) in [6, 6.07) is 68.6. The summed E-state index contributed by atoms with van der Waals surface area (Å²) < 4.78 is 0. The van der Waals surface area contributed by atoms with Gasteiger partial charge in [0.1, 0.15) is 0 Å². The molecule has 0 radical (unpaired) electrons. The van der Waals surface area contributed by atoms with Gasteiger partial charge in [-0.1, -0.05) is 180 Å². The van der Waals surface area contributed by atoms with Gasteiger partial charge in [-0.05, 0) is 139 Å². The molecule has 288 valence electrons. The fraction of sp³-hybridized carbons (Fsp3) is 0.172. The molecular formula is C58H51N. The lowest BCUT2D eigenvalue weighted by atomic mass is 9.67. The number of hydrogen-bond donors (Lipinski definition) is 0. The smallest absolute Gasteiger partial charge is 0.0714 e. The van der Waals surface area contributed by atoms with Crippen LogP contribution >= 0.6 is 0 Å². The predicted octanol–water partition coefficient (Wildman–Crippen LogP) is 15.4. The molecule has 0 N–H and O–H groups in total. The Labute approximate surface area is 350 Å². The molecule has 8 aromatic carbocycles. The molecule has 1 nitrogen and oxygen atoms in total. The highest BCUT2D eigenvalue weighted by molar-refractivity contribution is 5.92. The first-order chi connectivity index (χ1) is 28.5. The van der Waals surface area contributed by atoms with Crippen molar-refractivity contribution in [2.45, 2.75) is 64.7 Å². The van der Waals surface area contributed by atoms with Crippen molar-refractivity contribution in [1.29, 1.82) is 0 Å². The third kappa shape index (κ3) is 5.66. The van der Waals surface area contributed by atoms with Crippen LogP contribution in [-0.2, 0) is 16.2 Å². The number of hydrogen-bond acceptors (Lipinski definition) is 1. The van der Waals surface area contributed by atoms with Crippen LogP contribution in [-0.4, -0.2) is 0 Å². The van der Waals surface area contributed by atoms with Gasteiger partial charge in [-0.15, -0.1) is 0 Å². The van der Waals surface area contributed by atoms with Gasteiger partial charge in [-0.3, -0.25) is 0 Å². The summed E-state index contributed by atoms with van der Waals surface area (Å²) in [4.78, 5) is 2.54. The SMILES string of the molecule is Cc1cc(-c2ccc(C(C)(C)C)cc2)cc(C)c1N(c1ccc2c(c1)C(C)(C)c1ccccc1-2)c1ccc2c(c1)C(c1ccccc1)(c1ccccc1)c1ccccc1-2. The maximum atomic E-state index is 2.54. The maximum Gasteiger partial charge on any atom is 0.0714 e. The molecule has 0 aromatic heterocycles. The fourth-order valence-electron chi connectivity index (χ4n) is 10.4. The monoisotopic (exact) mass is 761 g/mol. The van der Waals surface area contributed by atoms with Gasteiger partial charge >= 0.3 is 0 Å². The molecule has 0 spiro atoms. The maximum absolute atomic E-state index is 2.54. The second-order valence-electron chi connectivity index (χ2n) is 18.3. The van der Waals surface area contributed by atoms with Crippen molar-refractivity contribution in [2.24, 2.45) is 0 Å². The van der Waals surface area contributed by atoms with Crippen molar-refractivity contribution < 1.29 is 0 Å². The fourth-order valence-corrected chi connectivity index (χ4v) is 10.4. The minimum absolute atomic E-state index is 0.107. The van der Waals surface area contributed by atoms with E-state index in [9.17, 15) is 0 Å². The zero-order valence-electron chi connectivity index (χ0n) is 35.3. The molecule has 0 fully saturated rings. The van der Waals surface area contributed by atoms with Gasteiger partial charge in [0.05, 0.1) is 11.1 Å². The van der Waals surface area contributed by atoms with Crippen LogP contribution < -0.4 is 4.90 Å². The highest BCUT2D eigenvalue weighted by Gasteiger charge is 2.46. The zero-order valence-corrected chi connectivity index (χ0v) is 35.3. The first-order valence-electron chi connectivity index (χ1n) is 21.1. The molecule has 0 unspecified atom stereocenters. The van der Waals surface area contributed by atoms with Crippen LogP contribution in [0.1, 0.15) is 84.7 Å². The number of benzene rings is 8. The van der Waals surface area contributed by atoms with Gasteiger partial charge in [0, 0.05) is 16.8 Å². The summed E-state index contributed by atoms with van der Waals surface area (Å²) in [6.45, 7) is 16.2. The Hall–Kier alpha value is -6.44. The van der Waals surface area contributed by atoms with Crippen molar-refractivity contribution >= 4 is 17.1 Å². The highest BCUT2D eigenvalue weighted by atomic mass is 15.1. The van der Waals surface area contributed by atoms with Crippen LogP contribution in [0, 0.1) is 13.8 Å². The number of rotatable bonds is 6. The molecule has 0 bridgehead atoms. The number of anilines is 3. The van der Waals surface area contributed by atoms with Gasteiger partial charge in [-0.2, -0.15) is 0 Å². The molecule has 10 rings (SSSR count). The average Bonchev–Trinajstić information content (AvgIpc) is 3.67. The Morgan fingerprint density at radius 1 is 0.407 bits per heavy atom.